The zero-order valence-electron chi connectivity index (χ0n) is 10.6. The number of aryl methyl sites for hydroxylation is 1. The van der Waals surface area contributed by atoms with Gasteiger partial charge in [-0.1, -0.05) is 31.2 Å². The van der Waals surface area contributed by atoms with Crippen LogP contribution in [0.15, 0.2) is 36.5 Å². The van der Waals surface area contributed by atoms with Gasteiger partial charge in [0.05, 0.1) is 6.20 Å². The van der Waals surface area contributed by atoms with E-state index in [9.17, 15) is 4.79 Å². The molecule has 0 radical (unpaired) electrons. The Morgan fingerprint density at radius 1 is 1.26 bits per heavy atom. The maximum Gasteiger partial charge on any atom is 0.339 e. The molecule has 1 aromatic carbocycles. The largest absolute Gasteiger partial charge is 0.478 e. The summed E-state index contributed by atoms with van der Waals surface area (Å²) in [4.78, 5) is 11.0. The first-order chi connectivity index (χ1) is 9.22. The third kappa shape index (κ3) is 3.07. The zero-order valence-corrected chi connectivity index (χ0v) is 10.6. The Balaban J connectivity index is 2.17. The van der Waals surface area contributed by atoms with Gasteiger partial charge in [-0.3, -0.25) is 0 Å². The quantitative estimate of drug-likeness (QED) is 0.860. The number of nitrogens with zero attached hydrogens (tertiary/aromatic N) is 2. The topological polar surface area (TPSA) is 75.1 Å². The molecule has 0 saturated heterocycles. The van der Waals surface area contributed by atoms with Gasteiger partial charge >= 0.3 is 5.97 Å². The second kappa shape index (κ2) is 5.95. The van der Waals surface area contributed by atoms with Crippen LogP contribution in [0.4, 0.5) is 5.82 Å². The van der Waals surface area contributed by atoms with Crippen molar-refractivity contribution < 1.29 is 9.90 Å². The molecule has 0 spiro atoms. The maximum atomic E-state index is 11.0. The van der Waals surface area contributed by atoms with Crippen LogP contribution in [-0.2, 0) is 13.0 Å². The molecule has 1 aromatic heterocycles. The van der Waals surface area contributed by atoms with Crippen molar-refractivity contribution in [2.24, 2.45) is 0 Å². The third-order valence-corrected chi connectivity index (χ3v) is 2.90. The summed E-state index contributed by atoms with van der Waals surface area (Å²) in [6.45, 7) is 2.62. The normalized spacial score (nSPS) is 10.2. The second-order valence-electron chi connectivity index (χ2n) is 4.07. The molecule has 0 aliphatic carbocycles. The molecule has 2 aromatic rings. The van der Waals surface area contributed by atoms with Gasteiger partial charge in [-0.05, 0) is 23.6 Å². The van der Waals surface area contributed by atoms with Crippen LogP contribution >= 0.6 is 0 Å². The number of carboxylic acid groups (broad SMARTS) is 1. The molecule has 0 aliphatic heterocycles. The van der Waals surface area contributed by atoms with Gasteiger partial charge in [0, 0.05) is 6.54 Å². The van der Waals surface area contributed by atoms with E-state index in [4.69, 9.17) is 5.11 Å². The molecule has 0 fully saturated rings. The van der Waals surface area contributed by atoms with Gasteiger partial charge in [-0.15, -0.1) is 5.10 Å². The molecule has 0 aliphatic rings. The standard InChI is InChI=1S/C14H15N3O2/c1-2-10-5-3-4-6-11(10)9-15-13-12(14(18)19)7-8-16-17-13/h3-8H,2,9H2,1H3,(H,15,17)(H,18,19). The van der Waals surface area contributed by atoms with Gasteiger partial charge in [0.25, 0.3) is 0 Å². The number of carboxylic acids is 1. The Morgan fingerprint density at radius 3 is 2.68 bits per heavy atom. The first kappa shape index (κ1) is 13.0. The van der Waals surface area contributed by atoms with Gasteiger partial charge < -0.3 is 10.4 Å². The molecule has 5 heteroatoms. The number of anilines is 1. The van der Waals surface area contributed by atoms with Crippen molar-refractivity contribution in [2.75, 3.05) is 5.32 Å². The first-order valence-corrected chi connectivity index (χ1v) is 6.08. The average molecular weight is 257 g/mol. The summed E-state index contributed by atoms with van der Waals surface area (Å²) >= 11 is 0. The lowest BCUT2D eigenvalue weighted by Gasteiger charge is -2.10. The van der Waals surface area contributed by atoms with E-state index in [1.54, 1.807) is 0 Å². The smallest absolute Gasteiger partial charge is 0.339 e. The van der Waals surface area contributed by atoms with Crippen LogP contribution in [0.25, 0.3) is 0 Å². The minimum Gasteiger partial charge on any atom is -0.478 e. The summed E-state index contributed by atoms with van der Waals surface area (Å²) in [5.41, 5.74) is 2.49. The molecule has 2 N–H and O–H groups in total. The lowest BCUT2D eigenvalue weighted by Crippen LogP contribution is -2.10. The molecule has 5 nitrogen and oxygen atoms in total. The maximum absolute atomic E-state index is 11.0. The Kier molecular flexibility index (Phi) is 4.07. The van der Waals surface area contributed by atoms with E-state index in [-0.39, 0.29) is 5.56 Å². The lowest BCUT2D eigenvalue weighted by atomic mass is 10.1. The minimum atomic E-state index is -1.01. The van der Waals surface area contributed by atoms with Gasteiger partial charge in [-0.25, -0.2) is 4.79 Å². The highest BCUT2D eigenvalue weighted by Crippen LogP contribution is 2.14. The Labute approximate surface area is 111 Å². The molecular formula is C14H15N3O2. The SMILES string of the molecule is CCc1ccccc1CNc1nnccc1C(=O)O. The minimum absolute atomic E-state index is 0.129. The van der Waals surface area contributed by atoms with Crippen LogP contribution in [0.1, 0.15) is 28.4 Å². The Bertz CT molecular complexity index is 584. The number of aromatic carboxylic acids is 1. The molecule has 2 rings (SSSR count). The van der Waals surface area contributed by atoms with Crippen molar-refractivity contribution in [3.63, 3.8) is 0 Å². The monoisotopic (exact) mass is 257 g/mol. The molecule has 98 valence electrons. The van der Waals surface area contributed by atoms with Crippen LogP contribution in [0.2, 0.25) is 0 Å². The second-order valence-corrected chi connectivity index (χ2v) is 4.07. The van der Waals surface area contributed by atoms with Crippen LogP contribution in [0, 0.1) is 0 Å². The lowest BCUT2D eigenvalue weighted by molar-refractivity contribution is 0.0697. The molecule has 0 unspecified atom stereocenters. The van der Waals surface area contributed by atoms with E-state index < -0.39 is 5.97 Å². The van der Waals surface area contributed by atoms with Crippen molar-refractivity contribution >= 4 is 11.8 Å². The van der Waals surface area contributed by atoms with Gasteiger partial charge in [0.2, 0.25) is 0 Å². The third-order valence-electron chi connectivity index (χ3n) is 2.90. The highest BCUT2D eigenvalue weighted by molar-refractivity contribution is 5.92. The fourth-order valence-corrected chi connectivity index (χ4v) is 1.89. The Hall–Kier alpha value is -2.43. The Morgan fingerprint density at radius 2 is 2.00 bits per heavy atom. The van der Waals surface area contributed by atoms with E-state index >= 15 is 0 Å². The number of nitrogens with one attached hydrogen (secondary N) is 1. The van der Waals surface area contributed by atoms with Crippen molar-refractivity contribution in [1.29, 1.82) is 0 Å². The van der Waals surface area contributed by atoms with E-state index in [1.807, 2.05) is 18.2 Å². The summed E-state index contributed by atoms with van der Waals surface area (Å²) in [5, 5.41) is 19.6. The van der Waals surface area contributed by atoms with E-state index in [0.717, 1.165) is 12.0 Å². The van der Waals surface area contributed by atoms with Gasteiger partial charge in [0.1, 0.15) is 5.56 Å². The molecular weight excluding hydrogens is 242 g/mol. The van der Waals surface area contributed by atoms with Crippen LogP contribution in [-0.4, -0.2) is 21.3 Å². The summed E-state index contributed by atoms with van der Waals surface area (Å²) in [6, 6.07) is 9.47. The fourth-order valence-electron chi connectivity index (χ4n) is 1.89. The molecule has 19 heavy (non-hydrogen) atoms. The van der Waals surface area contributed by atoms with Crippen molar-refractivity contribution in [3.8, 4) is 0 Å². The van der Waals surface area contributed by atoms with Crippen molar-refractivity contribution in [3.05, 3.63) is 53.2 Å². The van der Waals surface area contributed by atoms with Gasteiger partial charge in [0.15, 0.2) is 5.82 Å². The van der Waals surface area contributed by atoms with Crippen molar-refractivity contribution in [1.82, 2.24) is 10.2 Å². The summed E-state index contributed by atoms with van der Waals surface area (Å²) in [6.07, 6.45) is 2.30. The average Bonchev–Trinajstić information content (AvgIpc) is 2.45. The van der Waals surface area contributed by atoms with Crippen LogP contribution in [0.5, 0.6) is 0 Å². The number of aromatic nitrogens is 2. The van der Waals surface area contributed by atoms with Crippen LogP contribution in [0.3, 0.4) is 0 Å². The highest BCUT2D eigenvalue weighted by Gasteiger charge is 2.11. The summed E-state index contributed by atoms with van der Waals surface area (Å²) < 4.78 is 0. The number of rotatable bonds is 5. The number of hydrogen-bond acceptors (Lipinski definition) is 4. The van der Waals surface area contributed by atoms with Crippen LogP contribution < -0.4 is 5.32 Å². The highest BCUT2D eigenvalue weighted by atomic mass is 16.4. The predicted molar refractivity (Wildman–Crippen MR) is 72.1 cm³/mol. The zero-order chi connectivity index (χ0) is 13.7. The van der Waals surface area contributed by atoms with E-state index in [0.29, 0.717) is 12.4 Å². The van der Waals surface area contributed by atoms with E-state index in [1.165, 1.54) is 17.8 Å². The fraction of sp³-hybridized carbons (Fsp3) is 0.214. The van der Waals surface area contributed by atoms with E-state index in [2.05, 4.69) is 28.5 Å². The number of benzene rings is 1. The molecule has 1 heterocycles. The molecule has 0 saturated carbocycles. The molecule has 0 amide bonds. The molecule has 0 atom stereocenters. The van der Waals surface area contributed by atoms with Gasteiger partial charge in [-0.2, -0.15) is 5.10 Å². The first-order valence-electron chi connectivity index (χ1n) is 6.08. The van der Waals surface area contributed by atoms with Crippen molar-refractivity contribution in [2.45, 2.75) is 19.9 Å². The predicted octanol–water partition coefficient (Wildman–Crippen LogP) is 2.35. The summed E-state index contributed by atoms with van der Waals surface area (Å²) in [7, 11) is 0. The number of hydrogen-bond donors (Lipinski definition) is 2. The molecule has 0 bridgehead atoms. The number of carbonyl (C=O) groups is 1. The summed E-state index contributed by atoms with van der Waals surface area (Å²) in [5.74, 6) is -0.720.